The average Bonchev–Trinajstić information content (AvgIpc) is 3.49. The summed E-state index contributed by atoms with van der Waals surface area (Å²) in [4.78, 5) is 9.16. The molecule has 0 atom stereocenters. The van der Waals surface area contributed by atoms with Crippen molar-refractivity contribution in [1.29, 1.82) is 0 Å². The summed E-state index contributed by atoms with van der Waals surface area (Å²) in [6, 6.07) is 18.4. The lowest BCUT2D eigenvalue weighted by molar-refractivity contribution is 0.214. The Labute approximate surface area is 191 Å². The standard InChI is InChI=1S/C23H23N5O4S/c1-17-24-20(26-31-17)16-21-25-22(32-27-21)23(18-8-4-2-5-9-18)12-14-28(15-13-23)33(29,30)19-10-6-3-7-11-19/h2-11H,12-16H2,1H3. The molecule has 9 nitrogen and oxygen atoms in total. The first-order valence-corrected chi connectivity index (χ1v) is 12.1. The third-order valence-electron chi connectivity index (χ3n) is 6.05. The van der Waals surface area contributed by atoms with E-state index in [1.54, 1.807) is 37.3 Å². The van der Waals surface area contributed by atoms with Gasteiger partial charge in [0, 0.05) is 20.0 Å². The van der Waals surface area contributed by atoms with Crippen molar-refractivity contribution in [3.8, 4) is 0 Å². The highest BCUT2D eigenvalue weighted by Gasteiger charge is 2.45. The van der Waals surface area contributed by atoms with Gasteiger partial charge in [-0.15, -0.1) is 0 Å². The largest absolute Gasteiger partial charge is 0.340 e. The minimum atomic E-state index is -3.57. The molecule has 0 bridgehead atoms. The van der Waals surface area contributed by atoms with E-state index in [9.17, 15) is 8.42 Å². The van der Waals surface area contributed by atoms with Crippen LogP contribution in [0.25, 0.3) is 0 Å². The molecule has 2 aromatic carbocycles. The van der Waals surface area contributed by atoms with Gasteiger partial charge in [0.25, 0.3) is 0 Å². The highest BCUT2D eigenvalue weighted by Crippen LogP contribution is 2.42. The first-order chi connectivity index (χ1) is 16.0. The smallest absolute Gasteiger partial charge is 0.243 e. The van der Waals surface area contributed by atoms with E-state index < -0.39 is 15.4 Å². The van der Waals surface area contributed by atoms with E-state index in [2.05, 4.69) is 20.3 Å². The van der Waals surface area contributed by atoms with Gasteiger partial charge in [0.2, 0.25) is 21.8 Å². The van der Waals surface area contributed by atoms with Gasteiger partial charge in [-0.05, 0) is 30.5 Å². The van der Waals surface area contributed by atoms with Crippen LogP contribution in [0.3, 0.4) is 0 Å². The summed E-state index contributed by atoms with van der Waals surface area (Å²) >= 11 is 0. The molecule has 2 aromatic heterocycles. The van der Waals surface area contributed by atoms with Gasteiger partial charge in [-0.2, -0.15) is 14.3 Å². The number of rotatable bonds is 6. The Morgan fingerprint density at radius 3 is 2.12 bits per heavy atom. The van der Waals surface area contributed by atoms with Gasteiger partial charge in [-0.1, -0.05) is 58.8 Å². The summed E-state index contributed by atoms with van der Waals surface area (Å²) in [5.74, 6) is 1.89. The fourth-order valence-electron chi connectivity index (χ4n) is 4.31. The van der Waals surface area contributed by atoms with E-state index in [1.165, 1.54) is 4.31 Å². The Kier molecular flexibility index (Phi) is 5.55. The molecule has 1 aliphatic heterocycles. The molecule has 1 saturated heterocycles. The van der Waals surface area contributed by atoms with Crippen molar-refractivity contribution in [3.63, 3.8) is 0 Å². The molecule has 0 radical (unpaired) electrons. The summed E-state index contributed by atoms with van der Waals surface area (Å²) in [5.41, 5.74) is 0.440. The summed E-state index contributed by atoms with van der Waals surface area (Å²) in [7, 11) is -3.57. The van der Waals surface area contributed by atoms with Crippen molar-refractivity contribution in [3.05, 3.63) is 89.7 Å². The molecule has 0 unspecified atom stereocenters. The lowest BCUT2D eigenvalue weighted by Gasteiger charge is -2.39. The number of hydrogen-bond donors (Lipinski definition) is 0. The predicted octanol–water partition coefficient (Wildman–Crippen LogP) is 3.12. The molecule has 0 aliphatic carbocycles. The zero-order valence-electron chi connectivity index (χ0n) is 18.1. The van der Waals surface area contributed by atoms with Crippen molar-refractivity contribution >= 4 is 10.0 Å². The number of aromatic nitrogens is 4. The lowest BCUT2D eigenvalue weighted by atomic mass is 9.73. The summed E-state index contributed by atoms with van der Waals surface area (Å²) in [6.45, 7) is 2.40. The van der Waals surface area contributed by atoms with Crippen molar-refractivity contribution in [2.24, 2.45) is 0 Å². The third-order valence-corrected chi connectivity index (χ3v) is 7.96. The topological polar surface area (TPSA) is 115 Å². The molecule has 0 spiro atoms. The maximum atomic E-state index is 13.1. The van der Waals surface area contributed by atoms with Crippen LogP contribution in [0.2, 0.25) is 0 Å². The number of aryl methyl sites for hydroxylation is 1. The normalized spacial score (nSPS) is 16.6. The zero-order valence-corrected chi connectivity index (χ0v) is 18.9. The number of benzene rings is 2. The summed E-state index contributed by atoms with van der Waals surface area (Å²) in [6.07, 6.45) is 1.33. The van der Waals surface area contributed by atoms with Crippen molar-refractivity contribution in [1.82, 2.24) is 24.6 Å². The van der Waals surface area contributed by atoms with Gasteiger partial charge in [0.1, 0.15) is 0 Å². The second-order valence-corrected chi connectivity index (χ2v) is 10.0. The van der Waals surface area contributed by atoms with E-state index in [-0.39, 0.29) is 0 Å². The lowest BCUT2D eigenvalue weighted by Crippen LogP contribution is -2.45. The Bertz CT molecular complexity index is 1330. The molecule has 1 aliphatic rings. The van der Waals surface area contributed by atoms with Crippen LogP contribution in [0.1, 0.15) is 41.8 Å². The minimum absolute atomic E-state index is 0.292. The molecular weight excluding hydrogens is 442 g/mol. The van der Waals surface area contributed by atoms with E-state index >= 15 is 0 Å². The van der Waals surface area contributed by atoms with E-state index in [0.717, 1.165) is 5.56 Å². The fraction of sp³-hybridized carbons (Fsp3) is 0.304. The van der Waals surface area contributed by atoms with Crippen LogP contribution in [0, 0.1) is 6.92 Å². The highest BCUT2D eigenvalue weighted by molar-refractivity contribution is 7.89. The quantitative estimate of drug-likeness (QED) is 0.427. The van der Waals surface area contributed by atoms with Crippen LogP contribution in [0.4, 0.5) is 0 Å². The zero-order chi connectivity index (χ0) is 22.9. The fourth-order valence-corrected chi connectivity index (χ4v) is 5.77. The molecular formula is C23H23N5O4S. The Morgan fingerprint density at radius 2 is 1.48 bits per heavy atom. The Hall–Kier alpha value is -3.37. The van der Waals surface area contributed by atoms with Crippen molar-refractivity contribution in [2.45, 2.75) is 36.5 Å². The second kappa shape index (κ2) is 8.53. The van der Waals surface area contributed by atoms with Crippen LogP contribution < -0.4 is 0 Å². The summed E-state index contributed by atoms with van der Waals surface area (Å²) < 4.78 is 38.5. The molecule has 3 heterocycles. The highest BCUT2D eigenvalue weighted by atomic mass is 32.2. The monoisotopic (exact) mass is 465 g/mol. The minimum Gasteiger partial charge on any atom is -0.340 e. The first-order valence-electron chi connectivity index (χ1n) is 10.7. The van der Waals surface area contributed by atoms with Gasteiger partial charge in [-0.3, -0.25) is 0 Å². The SMILES string of the molecule is Cc1nc(Cc2noc(C3(c4ccccc4)CCN(S(=O)(=O)c4ccccc4)CC3)n2)no1. The molecule has 0 amide bonds. The van der Waals surface area contributed by atoms with E-state index in [4.69, 9.17) is 9.05 Å². The predicted molar refractivity (Wildman–Crippen MR) is 118 cm³/mol. The maximum Gasteiger partial charge on any atom is 0.243 e. The molecule has 170 valence electrons. The van der Waals surface area contributed by atoms with E-state index in [0.29, 0.717) is 60.7 Å². The molecule has 0 N–H and O–H groups in total. The maximum absolute atomic E-state index is 13.1. The van der Waals surface area contributed by atoms with Gasteiger partial charge in [-0.25, -0.2) is 8.42 Å². The van der Waals surface area contributed by atoms with Crippen LogP contribution in [-0.4, -0.2) is 46.1 Å². The summed E-state index contributed by atoms with van der Waals surface area (Å²) in [5, 5.41) is 8.04. The van der Waals surface area contributed by atoms with Crippen LogP contribution in [-0.2, 0) is 21.9 Å². The van der Waals surface area contributed by atoms with Gasteiger partial charge in [0.05, 0.1) is 16.7 Å². The Balaban J connectivity index is 1.44. The Morgan fingerprint density at radius 1 is 0.879 bits per heavy atom. The number of nitrogens with zero attached hydrogens (tertiary/aromatic N) is 5. The number of piperidine rings is 1. The second-order valence-electron chi connectivity index (χ2n) is 8.09. The van der Waals surface area contributed by atoms with Crippen LogP contribution in [0.5, 0.6) is 0 Å². The molecule has 4 aromatic rings. The van der Waals surface area contributed by atoms with Crippen molar-refractivity contribution < 1.29 is 17.5 Å². The van der Waals surface area contributed by atoms with Crippen LogP contribution >= 0.6 is 0 Å². The van der Waals surface area contributed by atoms with Crippen LogP contribution in [0.15, 0.2) is 74.6 Å². The number of hydrogen-bond acceptors (Lipinski definition) is 8. The average molecular weight is 466 g/mol. The van der Waals surface area contributed by atoms with Gasteiger partial charge in [0.15, 0.2) is 11.6 Å². The van der Waals surface area contributed by atoms with Gasteiger partial charge < -0.3 is 9.05 Å². The molecule has 10 heteroatoms. The number of sulfonamides is 1. The molecule has 1 fully saturated rings. The first kappa shape index (κ1) is 21.5. The molecule has 5 rings (SSSR count). The third kappa shape index (κ3) is 4.07. The van der Waals surface area contributed by atoms with Gasteiger partial charge >= 0.3 is 0 Å². The molecule has 33 heavy (non-hydrogen) atoms. The van der Waals surface area contributed by atoms with E-state index in [1.807, 2.05) is 30.3 Å². The molecule has 0 saturated carbocycles. The van der Waals surface area contributed by atoms with Crippen molar-refractivity contribution in [2.75, 3.05) is 13.1 Å².